The van der Waals surface area contributed by atoms with E-state index in [0.29, 0.717) is 11.4 Å². The molecule has 0 amide bonds. The predicted octanol–water partition coefficient (Wildman–Crippen LogP) is 5.00. The van der Waals surface area contributed by atoms with Crippen LogP contribution in [0.15, 0.2) is 60.9 Å². The molecule has 1 N–H and O–H groups in total. The van der Waals surface area contributed by atoms with Gasteiger partial charge in [-0.2, -0.15) is 0 Å². The molecule has 0 atom stereocenters. The van der Waals surface area contributed by atoms with Crippen molar-refractivity contribution in [3.63, 3.8) is 0 Å². The Balaban J connectivity index is 2.07. The molecule has 2 aromatic heterocycles. The molecule has 4 aromatic rings. The average molecular weight is 347 g/mol. The highest BCUT2D eigenvalue weighted by molar-refractivity contribution is 6.28. The van der Waals surface area contributed by atoms with Crippen molar-refractivity contribution >= 4 is 28.2 Å². The Morgan fingerprint density at radius 2 is 1.92 bits per heavy atom. The Bertz CT molecular complexity index is 1130. The second kappa shape index (κ2) is 5.93. The highest BCUT2D eigenvalue weighted by Crippen LogP contribution is 2.37. The van der Waals surface area contributed by atoms with Gasteiger partial charge in [-0.15, -0.1) is 0 Å². The molecule has 4 rings (SSSR count). The summed E-state index contributed by atoms with van der Waals surface area (Å²) in [5.41, 5.74) is 3.41. The van der Waals surface area contributed by atoms with Crippen LogP contribution in [0.25, 0.3) is 32.7 Å². The van der Waals surface area contributed by atoms with E-state index in [4.69, 9.17) is 18.2 Å². The summed E-state index contributed by atoms with van der Waals surface area (Å²) < 4.78 is 1.97. The molecule has 5 nitrogen and oxygen atoms in total. The van der Waals surface area contributed by atoms with E-state index < -0.39 is 0 Å². The first-order chi connectivity index (χ1) is 12.2. The van der Waals surface area contributed by atoms with Crippen LogP contribution in [0.1, 0.15) is 0 Å². The Morgan fingerprint density at radius 1 is 1.12 bits per heavy atom. The van der Waals surface area contributed by atoms with Gasteiger partial charge in [-0.3, -0.25) is 0 Å². The molecule has 25 heavy (non-hydrogen) atoms. The summed E-state index contributed by atoms with van der Waals surface area (Å²) in [4.78, 5) is 11.5. The highest BCUT2D eigenvalue weighted by atomic mass is 35.5. The van der Waals surface area contributed by atoms with E-state index in [9.17, 15) is 5.11 Å². The molecule has 0 unspecified atom stereocenters. The van der Waals surface area contributed by atoms with E-state index in [1.165, 1.54) is 6.20 Å². The number of nitrogens with zero attached hydrogens (tertiary/aromatic N) is 4. The van der Waals surface area contributed by atoms with E-state index in [1.54, 1.807) is 6.07 Å². The quantitative estimate of drug-likeness (QED) is 0.410. The fourth-order valence-corrected chi connectivity index (χ4v) is 2.96. The van der Waals surface area contributed by atoms with E-state index in [2.05, 4.69) is 14.8 Å². The molecule has 0 aliphatic heterocycles. The SMILES string of the molecule is [C-]#[N+]c1ccc2c(-c3nc(Cl)ncc3O)cn(-c3ccccc3)c2c1. The minimum atomic E-state index is -0.0502. The summed E-state index contributed by atoms with van der Waals surface area (Å²) in [6.45, 7) is 7.26. The molecule has 2 heterocycles. The van der Waals surface area contributed by atoms with Crippen LogP contribution in [0, 0.1) is 6.57 Å². The molecule has 0 bridgehead atoms. The van der Waals surface area contributed by atoms with Crippen LogP contribution < -0.4 is 0 Å². The van der Waals surface area contributed by atoms with Crippen LogP contribution in [-0.4, -0.2) is 19.6 Å². The maximum absolute atomic E-state index is 10.2. The minimum Gasteiger partial charge on any atom is -0.504 e. The van der Waals surface area contributed by atoms with Crippen molar-refractivity contribution in [3.05, 3.63) is 77.6 Å². The second-order valence-electron chi connectivity index (χ2n) is 5.43. The zero-order valence-electron chi connectivity index (χ0n) is 12.9. The first-order valence-electron chi connectivity index (χ1n) is 7.47. The molecule has 0 aliphatic rings. The summed E-state index contributed by atoms with van der Waals surface area (Å²) in [7, 11) is 0. The molecule has 2 aromatic carbocycles. The Kier molecular flexibility index (Phi) is 3.60. The first-order valence-corrected chi connectivity index (χ1v) is 7.85. The maximum atomic E-state index is 10.2. The van der Waals surface area contributed by atoms with Gasteiger partial charge in [0, 0.05) is 28.4 Å². The van der Waals surface area contributed by atoms with Gasteiger partial charge in [0.05, 0.1) is 12.8 Å². The third-order valence-electron chi connectivity index (χ3n) is 3.95. The van der Waals surface area contributed by atoms with Crippen LogP contribution in [0.3, 0.4) is 0 Å². The highest BCUT2D eigenvalue weighted by Gasteiger charge is 2.16. The third kappa shape index (κ3) is 2.59. The molecule has 0 spiro atoms. The van der Waals surface area contributed by atoms with Crippen molar-refractivity contribution in [1.29, 1.82) is 0 Å². The Morgan fingerprint density at radius 3 is 2.68 bits per heavy atom. The number of aromatic nitrogens is 3. The van der Waals surface area contributed by atoms with Gasteiger partial charge in [0.15, 0.2) is 11.4 Å². The minimum absolute atomic E-state index is 0.0502. The normalized spacial score (nSPS) is 10.7. The van der Waals surface area contributed by atoms with Gasteiger partial charge >= 0.3 is 0 Å². The fourth-order valence-electron chi connectivity index (χ4n) is 2.83. The third-order valence-corrected chi connectivity index (χ3v) is 4.13. The van der Waals surface area contributed by atoms with Crippen molar-refractivity contribution < 1.29 is 5.11 Å². The Labute approximate surface area is 148 Å². The summed E-state index contributed by atoms with van der Waals surface area (Å²) in [6, 6.07) is 15.2. The maximum Gasteiger partial charge on any atom is 0.223 e. The molecular weight excluding hydrogens is 336 g/mol. The topological polar surface area (TPSA) is 55.3 Å². The monoisotopic (exact) mass is 346 g/mol. The first kappa shape index (κ1) is 15.2. The number of halogens is 1. The van der Waals surface area contributed by atoms with E-state index in [-0.39, 0.29) is 11.0 Å². The van der Waals surface area contributed by atoms with Gasteiger partial charge in [0.1, 0.15) is 5.69 Å². The van der Waals surface area contributed by atoms with Crippen LogP contribution in [0.5, 0.6) is 5.75 Å². The van der Waals surface area contributed by atoms with Crippen molar-refractivity contribution in [2.24, 2.45) is 0 Å². The van der Waals surface area contributed by atoms with Gasteiger partial charge in [-0.1, -0.05) is 30.3 Å². The molecule has 0 fully saturated rings. The number of aromatic hydroxyl groups is 1. The largest absolute Gasteiger partial charge is 0.504 e. The lowest BCUT2D eigenvalue weighted by Gasteiger charge is -2.04. The van der Waals surface area contributed by atoms with Crippen LogP contribution in [0.4, 0.5) is 5.69 Å². The summed E-state index contributed by atoms with van der Waals surface area (Å²) >= 11 is 5.91. The van der Waals surface area contributed by atoms with Crippen molar-refractivity contribution in [3.8, 4) is 22.7 Å². The van der Waals surface area contributed by atoms with E-state index in [1.807, 2.05) is 53.2 Å². The molecule has 0 saturated heterocycles. The van der Waals surface area contributed by atoms with Crippen LogP contribution in [0.2, 0.25) is 5.28 Å². The van der Waals surface area contributed by atoms with Crippen molar-refractivity contribution in [1.82, 2.24) is 14.5 Å². The molecule has 0 radical (unpaired) electrons. The molecule has 6 heteroatoms. The standard InChI is InChI=1S/C19H11ClN4O/c1-21-12-7-8-14-15(18-17(25)10-22-19(20)23-18)11-24(16(14)9-12)13-5-3-2-4-6-13/h2-11,25H. The zero-order valence-corrected chi connectivity index (χ0v) is 13.6. The van der Waals surface area contributed by atoms with Crippen molar-refractivity contribution in [2.75, 3.05) is 0 Å². The molecule has 0 aliphatic carbocycles. The molecule has 120 valence electrons. The Hall–Kier alpha value is -3.36. The van der Waals surface area contributed by atoms with Gasteiger partial charge in [0.25, 0.3) is 0 Å². The van der Waals surface area contributed by atoms with Crippen molar-refractivity contribution in [2.45, 2.75) is 0 Å². The van der Waals surface area contributed by atoms with Crippen LogP contribution >= 0.6 is 11.6 Å². The summed E-state index contributed by atoms with van der Waals surface area (Å²) in [6.07, 6.45) is 3.16. The van der Waals surface area contributed by atoms with Gasteiger partial charge in [-0.25, -0.2) is 14.8 Å². The van der Waals surface area contributed by atoms with E-state index in [0.717, 1.165) is 22.2 Å². The number of rotatable bonds is 2. The van der Waals surface area contributed by atoms with Gasteiger partial charge in [0.2, 0.25) is 5.28 Å². The predicted molar refractivity (Wildman–Crippen MR) is 97.2 cm³/mol. The number of fused-ring (bicyclic) bond motifs is 1. The molecular formula is C19H11ClN4O. The number of hydrogen-bond donors (Lipinski definition) is 1. The molecule has 0 saturated carbocycles. The van der Waals surface area contributed by atoms with Crippen LogP contribution in [-0.2, 0) is 0 Å². The van der Waals surface area contributed by atoms with Gasteiger partial charge in [-0.05, 0) is 29.8 Å². The second-order valence-corrected chi connectivity index (χ2v) is 5.77. The van der Waals surface area contributed by atoms with E-state index >= 15 is 0 Å². The van der Waals surface area contributed by atoms with Gasteiger partial charge < -0.3 is 9.67 Å². The lowest BCUT2D eigenvalue weighted by atomic mass is 10.1. The average Bonchev–Trinajstić information content (AvgIpc) is 3.03. The lowest BCUT2D eigenvalue weighted by molar-refractivity contribution is 0.472. The summed E-state index contributed by atoms with van der Waals surface area (Å²) in [5.74, 6) is -0.0502. The zero-order chi connectivity index (χ0) is 17.4. The number of para-hydroxylation sites is 1. The number of hydrogen-bond acceptors (Lipinski definition) is 3. The number of benzene rings is 2. The summed E-state index contributed by atoms with van der Waals surface area (Å²) in [5, 5.41) is 11.1. The smallest absolute Gasteiger partial charge is 0.223 e. The fraction of sp³-hybridized carbons (Fsp3) is 0. The lowest BCUT2D eigenvalue weighted by Crippen LogP contribution is -1.90.